The van der Waals surface area contributed by atoms with Crippen LogP contribution in [0.4, 0.5) is 0 Å². The fourth-order valence-corrected chi connectivity index (χ4v) is 1.46. The fourth-order valence-electron chi connectivity index (χ4n) is 0.919. The van der Waals surface area contributed by atoms with E-state index in [0.29, 0.717) is 15.6 Å². The Bertz CT molecular complexity index is 321. The minimum absolute atomic E-state index is 0.430. The number of amides is 1. The number of rotatable bonds is 2. The van der Waals surface area contributed by atoms with Gasteiger partial charge in [-0.25, -0.2) is 0 Å². The zero-order valence-electron chi connectivity index (χ0n) is 6.63. The van der Waals surface area contributed by atoms with Crippen molar-refractivity contribution >= 4 is 29.1 Å². The number of halogens is 2. The summed E-state index contributed by atoms with van der Waals surface area (Å²) in [6.07, 6.45) is 0. The minimum atomic E-state index is -0.865. The number of hydrogen-bond donors (Lipinski definition) is 2. The van der Waals surface area contributed by atoms with Gasteiger partial charge in [0.05, 0.1) is 0 Å². The van der Waals surface area contributed by atoms with Crippen molar-refractivity contribution in [1.82, 2.24) is 0 Å². The third kappa shape index (κ3) is 2.59. The van der Waals surface area contributed by atoms with Crippen molar-refractivity contribution in [2.24, 2.45) is 11.5 Å². The summed E-state index contributed by atoms with van der Waals surface area (Å²) in [6.45, 7) is 0. The van der Waals surface area contributed by atoms with E-state index in [1.807, 2.05) is 0 Å². The molecule has 0 aromatic heterocycles. The predicted molar refractivity (Wildman–Crippen MR) is 52.6 cm³/mol. The highest BCUT2D eigenvalue weighted by Crippen LogP contribution is 2.22. The summed E-state index contributed by atoms with van der Waals surface area (Å²) in [5.41, 5.74) is 11.0. The van der Waals surface area contributed by atoms with Crippen LogP contribution in [0.1, 0.15) is 11.6 Å². The molecule has 0 aliphatic heterocycles. The minimum Gasteiger partial charge on any atom is -0.368 e. The van der Waals surface area contributed by atoms with Gasteiger partial charge in [-0.15, -0.1) is 0 Å². The lowest BCUT2D eigenvalue weighted by molar-refractivity contribution is -0.119. The van der Waals surface area contributed by atoms with Gasteiger partial charge in [0.25, 0.3) is 0 Å². The van der Waals surface area contributed by atoms with E-state index in [1.165, 1.54) is 0 Å². The molecule has 1 aromatic carbocycles. The van der Waals surface area contributed by atoms with E-state index in [2.05, 4.69) is 0 Å². The molecule has 13 heavy (non-hydrogen) atoms. The van der Waals surface area contributed by atoms with Crippen molar-refractivity contribution in [3.05, 3.63) is 33.8 Å². The average molecular weight is 219 g/mol. The normalized spacial score (nSPS) is 12.5. The van der Waals surface area contributed by atoms with E-state index in [0.717, 1.165) is 0 Å². The smallest absolute Gasteiger partial charge is 0.238 e. The second kappa shape index (κ2) is 3.96. The second-order valence-corrected chi connectivity index (χ2v) is 3.46. The summed E-state index contributed by atoms with van der Waals surface area (Å²) in [7, 11) is 0. The molecule has 5 heteroatoms. The molecule has 0 aliphatic carbocycles. The van der Waals surface area contributed by atoms with Crippen LogP contribution >= 0.6 is 23.2 Å². The Morgan fingerprint density at radius 1 is 1.23 bits per heavy atom. The molecule has 0 bridgehead atoms. The van der Waals surface area contributed by atoms with E-state index < -0.39 is 11.9 Å². The number of hydrogen-bond acceptors (Lipinski definition) is 2. The van der Waals surface area contributed by atoms with E-state index in [-0.39, 0.29) is 0 Å². The molecule has 0 saturated carbocycles. The first kappa shape index (κ1) is 10.3. The topological polar surface area (TPSA) is 69.1 Å². The van der Waals surface area contributed by atoms with Crippen LogP contribution in [0.5, 0.6) is 0 Å². The lowest BCUT2D eigenvalue weighted by Crippen LogP contribution is -2.28. The number of nitrogens with two attached hydrogens (primary N) is 2. The number of carbonyl (C=O) groups excluding carboxylic acids is 1. The van der Waals surface area contributed by atoms with Crippen LogP contribution in [-0.2, 0) is 4.79 Å². The molecular formula is C8H8Cl2N2O. The van der Waals surface area contributed by atoms with Crippen molar-refractivity contribution in [3.63, 3.8) is 0 Å². The predicted octanol–water partition coefficient (Wildman–Crippen LogP) is 1.48. The average Bonchev–Trinajstić information content (AvgIpc) is 2.01. The summed E-state index contributed by atoms with van der Waals surface area (Å²) in [5, 5.41) is 0.860. The van der Waals surface area contributed by atoms with Gasteiger partial charge in [0.15, 0.2) is 0 Å². The summed E-state index contributed by atoms with van der Waals surface area (Å²) in [4.78, 5) is 10.7. The SMILES string of the molecule is NC(=O)C(N)c1cc(Cl)cc(Cl)c1. The Morgan fingerprint density at radius 2 is 1.69 bits per heavy atom. The Balaban J connectivity index is 3.07. The first-order chi connectivity index (χ1) is 6.00. The van der Waals surface area contributed by atoms with Crippen molar-refractivity contribution in [2.75, 3.05) is 0 Å². The van der Waals surface area contributed by atoms with Crippen LogP contribution in [0, 0.1) is 0 Å². The van der Waals surface area contributed by atoms with Crippen molar-refractivity contribution < 1.29 is 4.79 Å². The molecule has 1 atom stereocenters. The van der Waals surface area contributed by atoms with Gasteiger partial charge >= 0.3 is 0 Å². The quantitative estimate of drug-likeness (QED) is 0.790. The van der Waals surface area contributed by atoms with Gasteiger partial charge in [0.2, 0.25) is 5.91 Å². The molecule has 0 aliphatic rings. The monoisotopic (exact) mass is 218 g/mol. The highest BCUT2D eigenvalue weighted by atomic mass is 35.5. The Labute approximate surface area is 85.6 Å². The molecule has 70 valence electrons. The first-order valence-electron chi connectivity index (χ1n) is 3.51. The third-order valence-corrected chi connectivity index (χ3v) is 1.99. The van der Waals surface area contributed by atoms with Crippen LogP contribution in [0.25, 0.3) is 0 Å². The highest BCUT2D eigenvalue weighted by Gasteiger charge is 2.12. The van der Waals surface area contributed by atoms with Crippen molar-refractivity contribution in [3.8, 4) is 0 Å². The summed E-state index contributed by atoms with van der Waals surface area (Å²) in [6, 6.07) is 3.81. The van der Waals surface area contributed by atoms with Crippen LogP contribution in [0.3, 0.4) is 0 Å². The van der Waals surface area contributed by atoms with E-state index in [1.54, 1.807) is 18.2 Å². The second-order valence-electron chi connectivity index (χ2n) is 2.58. The molecule has 3 nitrogen and oxygen atoms in total. The van der Waals surface area contributed by atoms with Crippen LogP contribution in [-0.4, -0.2) is 5.91 Å². The molecule has 0 heterocycles. The van der Waals surface area contributed by atoms with E-state index in [9.17, 15) is 4.79 Å². The Morgan fingerprint density at radius 3 is 2.08 bits per heavy atom. The van der Waals surface area contributed by atoms with Crippen molar-refractivity contribution in [1.29, 1.82) is 0 Å². The summed E-state index contributed by atoms with van der Waals surface area (Å²) < 4.78 is 0. The molecule has 0 spiro atoms. The molecular weight excluding hydrogens is 211 g/mol. The number of carbonyl (C=O) groups is 1. The van der Waals surface area contributed by atoms with Gasteiger partial charge < -0.3 is 11.5 Å². The molecule has 0 fully saturated rings. The lowest BCUT2D eigenvalue weighted by Gasteiger charge is -2.08. The Hall–Kier alpha value is -0.770. The highest BCUT2D eigenvalue weighted by molar-refractivity contribution is 6.34. The zero-order chi connectivity index (χ0) is 10.0. The van der Waals surface area contributed by atoms with Gasteiger partial charge in [-0.05, 0) is 23.8 Å². The molecule has 0 saturated heterocycles. The fraction of sp³-hybridized carbons (Fsp3) is 0.125. The van der Waals surface area contributed by atoms with Gasteiger partial charge in [-0.2, -0.15) is 0 Å². The van der Waals surface area contributed by atoms with Gasteiger partial charge in [-0.1, -0.05) is 23.2 Å². The molecule has 1 aromatic rings. The molecule has 1 rings (SSSR count). The van der Waals surface area contributed by atoms with Gasteiger partial charge in [-0.3, -0.25) is 4.79 Å². The standard InChI is InChI=1S/C8H8Cl2N2O/c9-5-1-4(2-6(10)3-5)7(11)8(12)13/h1-3,7H,11H2,(H2,12,13). The summed E-state index contributed by atoms with van der Waals surface area (Å²) in [5.74, 6) is -0.613. The maximum atomic E-state index is 10.7. The first-order valence-corrected chi connectivity index (χ1v) is 4.27. The zero-order valence-corrected chi connectivity index (χ0v) is 8.14. The molecule has 4 N–H and O–H groups in total. The molecule has 1 amide bonds. The van der Waals surface area contributed by atoms with E-state index in [4.69, 9.17) is 34.7 Å². The third-order valence-electron chi connectivity index (χ3n) is 1.55. The van der Waals surface area contributed by atoms with E-state index >= 15 is 0 Å². The lowest BCUT2D eigenvalue weighted by atomic mass is 10.1. The number of primary amides is 1. The van der Waals surface area contributed by atoms with Gasteiger partial charge in [0, 0.05) is 10.0 Å². The van der Waals surface area contributed by atoms with Crippen LogP contribution < -0.4 is 11.5 Å². The Kier molecular flexibility index (Phi) is 3.14. The maximum absolute atomic E-state index is 10.7. The van der Waals surface area contributed by atoms with Crippen LogP contribution in [0.15, 0.2) is 18.2 Å². The van der Waals surface area contributed by atoms with Gasteiger partial charge in [0.1, 0.15) is 6.04 Å². The number of benzene rings is 1. The van der Waals surface area contributed by atoms with Crippen LogP contribution in [0.2, 0.25) is 10.0 Å². The maximum Gasteiger partial charge on any atom is 0.238 e. The van der Waals surface area contributed by atoms with Crippen molar-refractivity contribution in [2.45, 2.75) is 6.04 Å². The summed E-state index contributed by atoms with van der Waals surface area (Å²) >= 11 is 11.4. The largest absolute Gasteiger partial charge is 0.368 e. The molecule has 1 unspecified atom stereocenters. The molecule has 0 radical (unpaired) electrons.